The summed E-state index contributed by atoms with van der Waals surface area (Å²) in [4.78, 5) is 35.0. The summed E-state index contributed by atoms with van der Waals surface area (Å²) < 4.78 is 13.2. The number of carboxylic acids is 1. The molecule has 2 amide bonds. The standard InChI is InChI=1S/C17H23FN2O4/c1-10(2)7-14(19-11(3)21)16(22)20-15(17(23)24)9-12-5-4-6-13(18)8-12/h4-6,8,10,14-15H,7,9H2,1-3H3,(H,19,21)(H,20,22)(H,23,24)/t14-,15+/m0/s1. The molecule has 6 nitrogen and oxygen atoms in total. The second kappa shape index (κ2) is 9.00. The second-order valence-corrected chi connectivity index (χ2v) is 6.12. The maximum Gasteiger partial charge on any atom is 0.326 e. The lowest BCUT2D eigenvalue weighted by molar-refractivity contribution is -0.142. The number of carbonyl (C=O) groups is 3. The van der Waals surface area contributed by atoms with Crippen molar-refractivity contribution in [3.63, 3.8) is 0 Å². The number of hydrogen-bond donors (Lipinski definition) is 3. The lowest BCUT2D eigenvalue weighted by atomic mass is 10.0. The number of rotatable bonds is 8. The predicted molar refractivity (Wildman–Crippen MR) is 86.7 cm³/mol. The third-order valence-corrected chi connectivity index (χ3v) is 3.34. The van der Waals surface area contributed by atoms with Crippen molar-refractivity contribution in [2.75, 3.05) is 0 Å². The fraction of sp³-hybridized carbons (Fsp3) is 0.471. The van der Waals surface area contributed by atoms with Crippen molar-refractivity contribution < 1.29 is 23.9 Å². The van der Waals surface area contributed by atoms with E-state index < -0.39 is 29.8 Å². The molecule has 1 aromatic carbocycles. The summed E-state index contributed by atoms with van der Waals surface area (Å²) in [5.74, 6) is -2.49. The third kappa shape index (κ3) is 6.76. The number of nitrogens with one attached hydrogen (secondary N) is 2. The van der Waals surface area contributed by atoms with E-state index in [0.717, 1.165) is 0 Å². The Kier molecular flexibility index (Phi) is 7.35. The molecular formula is C17H23FN2O4. The Morgan fingerprint density at radius 2 is 1.83 bits per heavy atom. The molecule has 1 rings (SSSR count). The van der Waals surface area contributed by atoms with Gasteiger partial charge in [0, 0.05) is 13.3 Å². The van der Waals surface area contributed by atoms with Gasteiger partial charge in [-0.3, -0.25) is 9.59 Å². The Bertz CT molecular complexity index is 604. The SMILES string of the molecule is CC(=O)N[C@@H](CC(C)C)C(=O)N[C@H](Cc1cccc(F)c1)C(=O)O. The number of benzene rings is 1. The smallest absolute Gasteiger partial charge is 0.326 e. The van der Waals surface area contributed by atoms with E-state index in [-0.39, 0.29) is 18.2 Å². The van der Waals surface area contributed by atoms with Crippen molar-refractivity contribution in [2.24, 2.45) is 5.92 Å². The molecule has 0 aliphatic heterocycles. The van der Waals surface area contributed by atoms with Gasteiger partial charge in [0.05, 0.1) is 0 Å². The first-order valence-electron chi connectivity index (χ1n) is 7.73. The Balaban J connectivity index is 2.83. The lowest BCUT2D eigenvalue weighted by Crippen LogP contribution is -2.52. The molecule has 0 fully saturated rings. The van der Waals surface area contributed by atoms with Gasteiger partial charge in [0.25, 0.3) is 0 Å². The topological polar surface area (TPSA) is 95.5 Å². The highest BCUT2D eigenvalue weighted by atomic mass is 19.1. The minimum atomic E-state index is -1.22. The Labute approximate surface area is 140 Å². The number of hydrogen-bond acceptors (Lipinski definition) is 3. The van der Waals surface area contributed by atoms with Crippen LogP contribution in [0.15, 0.2) is 24.3 Å². The van der Waals surface area contributed by atoms with Crippen molar-refractivity contribution in [1.29, 1.82) is 0 Å². The Hall–Kier alpha value is -2.44. The average molecular weight is 338 g/mol. The van der Waals surface area contributed by atoms with Crippen LogP contribution in [0.1, 0.15) is 32.8 Å². The molecule has 7 heteroatoms. The number of carboxylic acid groups (broad SMARTS) is 1. The van der Waals surface area contributed by atoms with Crippen LogP contribution in [0.3, 0.4) is 0 Å². The van der Waals surface area contributed by atoms with E-state index in [9.17, 15) is 23.9 Å². The lowest BCUT2D eigenvalue weighted by Gasteiger charge is -2.22. The van der Waals surface area contributed by atoms with Crippen molar-refractivity contribution in [3.05, 3.63) is 35.6 Å². The van der Waals surface area contributed by atoms with E-state index in [4.69, 9.17) is 0 Å². The van der Waals surface area contributed by atoms with E-state index in [0.29, 0.717) is 12.0 Å². The quantitative estimate of drug-likeness (QED) is 0.669. The van der Waals surface area contributed by atoms with E-state index >= 15 is 0 Å². The summed E-state index contributed by atoms with van der Waals surface area (Å²) in [5.41, 5.74) is 0.461. The fourth-order valence-corrected chi connectivity index (χ4v) is 2.32. The molecule has 24 heavy (non-hydrogen) atoms. The molecular weight excluding hydrogens is 315 g/mol. The van der Waals surface area contributed by atoms with Crippen molar-refractivity contribution >= 4 is 17.8 Å². The van der Waals surface area contributed by atoms with Crippen LogP contribution in [0.5, 0.6) is 0 Å². The number of amides is 2. The molecule has 0 saturated heterocycles. The zero-order chi connectivity index (χ0) is 18.3. The minimum absolute atomic E-state index is 0.0483. The van der Waals surface area contributed by atoms with Gasteiger partial charge in [-0.25, -0.2) is 9.18 Å². The van der Waals surface area contributed by atoms with Gasteiger partial charge in [0.15, 0.2) is 0 Å². The first-order valence-corrected chi connectivity index (χ1v) is 7.73. The third-order valence-electron chi connectivity index (χ3n) is 3.34. The summed E-state index contributed by atoms with van der Waals surface area (Å²) in [6.45, 7) is 5.08. The van der Waals surface area contributed by atoms with Crippen molar-refractivity contribution in [3.8, 4) is 0 Å². The van der Waals surface area contributed by atoms with Crippen LogP contribution in [0, 0.1) is 11.7 Å². The van der Waals surface area contributed by atoms with Gasteiger partial charge in [-0.15, -0.1) is 0 Å². The van der Waals surface area contributed by atoms with Crippen LogP contribution in [0.2, 0.25) is 0 Å². The maximum atomic E-state index is 13.2. The zero-order valence-corrected chi connectivity index (χ0v) is 14.0. The van der Waals surface area contributed by atoms with Gasteiger partial charge in [-0.05, 0) is 30.0 Å². The molecule has 0 saturated carbocycles. The zero-order valence-electron chi connectivity index (χ0n) is 14.0. The van der Waals surface area contributed by atoms with E-state index in [1.807, 2.05) is 13.8 Å². The van der Waals surface area contributed by atoms with Crippen LogP contribution in [-0.4, -0.2) is 35.0 Å². The molecule has 0 spiro atoms. The highest BCUT2D eigenvalue weighted by Gasteiger charge is 2.26. The first-order chi connectivity index (χ1) is 11.2. The molecule has 1 aromatic rings. The molecule has 3 N–H and O–H groups in total. The summed E-state index contributed by atoms with van der Waals surface area (Å²) in [6.07, 6.45) is 0.338. The van der Waals surface area contributed by atoms with Crippen LogP contribution >= 0.6 is 0 Å². The van der Waals surface area contributed by atoms with Crippen LogP contribution in [-0.2, 0) is 20.8 Å². The molecule has 0 unspecified atom stereocenters. The molecule has 0 bridgehead atoms. The molecule has 132 valence electrons. The van der Waals surface area contributed by atoms with E-state index in [1.165, 1.54) is 25.1 Å². The van der Waals surface area contributed by atoms with Gasteiger partial charge in [0.2, 0.25) is 11.8 Å². The van der Waals surface area contributed by atoms with E-state index in [2.05, 4.69) is 10.6 Å². The maximum absolute atomic E-state index is 13.2. The summed E-state index contributed by atoms with van der Waals surface area (Å²) in [7, 11) is 0. The summed E-state index contributed by atoms with van der Waals surface area (Å²) in [5, 5.41) is 14.2. The molecule has 0 aliphatic carbocycles. The van der Waals surface area contributed by atoms with Crippen LogP contribution in [0.25, 0.3) is 0 Å². The average Bonchev–Trinajstić information content (AvgIpc) is 2.44. The largest absolute Gasteiger partial charge is 0.480 e. The highest BCUT2D eigenvalue weighted by molar-refractivity contribution is 5.90. The summed E-state index contributed by atoms with van der Waals surface area (Å²) in [6, 6.07) is 3.53. The Morgan fingerprint density at radius 1 is 1.17 bits per heavy atom. The van der Waals surface area contributed by atoms with Gasteiger partial charge in [-0.2, -0.15) is 0 Å². The van der Waals surface area contributed by atoms with E-state index in [1.54, 1.807) is 6.07 Å². The number of carbonyl (C=O) groups excluding carboxylic acids is 2. The molecule has 2 atom stereocenters. The fourth-order valence-electron chi connectivity index (χ4n) is 2.32. The van der Waals surface area contributed by atoms with Gasteiger partial charge in [-0.1, -0.05) is 26.0 Å². The van der Waals surface area contributed by atoms with Crippen molar-refractivity contribution in [2.45, 2.75) is 45.7 Å². The molecule has 0 radical (unpaired) electrons. The summed E-state index contributed by atoms with van der Waals surface area (Å²) >= 11 is 0. The normalized spacial score (nSPS) is 13.2. The first kappa shape index (κ1) is 19.6. The second-order valence-electron chi connectivity index (χ2n) is 6.12. The van der Waals surface area contributed by atoms with Gasteiger partial charge < -0.3 is 15.7 Å². The molecule has 0 heterocycles. The predicted octanol–water partition coefficient (Wildman–Crippen LogP) is 1.49. The Morgan fingerprint density at radius 3 is 2.33 bits per heavy atom. The number of halogens is 1. The van der Waals surface area contributed by atoms with Crippen molar-refractivity contribution in [1.82, 2.24) is 10.6 Å². The van der Waals surface area contributed by atoms with Gasteiger partial charge >= 0.3 is 5.97 Å². The molecule has 0 aliphatic rings. The van der Waals surface area contributed by atoms with Crippen LogP contribution in [0.4, 0.5) is 4.39 Å². The van der Waals surface area contributed by atoms with Gasteiger partial charge in [0.1, 0.15) is 17.9 Å². The van der Waals surface area contributed by atoms with Crippen LogP contribution < -0.4 is 10.6 Å². The highest BCUT2D eigenvalue weighted by Crippen LogP contribution is 2.09. The molecule has 0 aromatic heterocycles. The minimum Gasteiger partial charge on any atom is -0.480 e. The number of aliphatic carboxylic acids is 1. The monoisotopic (exact) mass is 338 g/mol.